The van der Waals surface area contributed by atoms with Gasteiger partial charge in [0.2, 0.25) is 0 Å². The van der Waals surface area contributed by atoms with Crippen LogP contribution in [0.2, 0.25) is 0 Å². The van der Waals surface area contributed by atoms with Crippen molar-refractivity contribution in [2.45, 2.75) is 13.5 Å². The van der Waals surface area contributed by atoms with Gasteiger partial charge >= 0.3 is 0 Å². The first-order valence-corrected chi connectivity index (χ1v) is 4.92. The van der Waals surface area contributed by atoms with Crippen LogP contribution in [0.5, 0.6) is 0 Å². The van der Waals surface area contributed by atoms with Gasteiger partial charge in [-0.3, -0.25) is 4.98 Å². The molecule has 4 heteroatoms. The molecule has 0 saturated carbocycles. The van der Waals surface area contributed by atoms with E-state index < -0.39 is 0 Å². The number of aryl methyl sites for hydroxylation is 1. The Labute approximate surface area is 88.8 Å². The number of aromatic amines is 1. The molecule has 0 atom stereocenters. The van der Waals surface area contributed by atoms with Gasteiger partial charge in [0, 0.05) is 12.7 Å². The molecule has 0 bridgehead atoms. The predicted molar refractivity (Wildman–Crippen MR) is 59.3 cm³/mol. The highest BCUT2D eigenvalue weighted by Crippen LogP contribution is 2.18. The molecule has 78 valence electrons. The normalized spacial score (nSPS) is 10.5. The second-order valence-electron chi connectivity index (χ2n) is 3.39. The zero-order valence-corrected chi connectivity index (χ0v) is 8.91. The number of nitrogens with zero attached hydrogens (tertiary/aromatic N) is 2. The Morgan fingerprint density at radius 2 is 2.27 bits per heavy atom. The number of aromatic nitrogens is 3. The van der Waals surface area contributed by atoms with Crippen LogP contribution < -0.4 is 5.32 Å². The van der Waals surface area contributed by atoms with E-state index in [1.807, 2.05) is 32.2 Å². The molecule has 0 fully saturated rings. The zero-order chi connectivity index (χ0) is 10.7. The first-order chi connectivity index (χ1) is 7.31. The van der Waals surface area contributed by atoms with Crippen LogP contribution in [0.3, 0.4) is 0 Å². The molecule has 2 heterocycles. The molecule has 2 aromatic heterocycles. The minimum Gasteiger partial charge on any atom is -0.344 e. The maximum Gasteiger partial charge on any atom is 0.111 e. The average Bonchev–Trinajstić information content (AvgIpc) is 2.62. The van der Waals surface area contributed by atoms with Crippen molar-refractivity contribution < 1.29 is 0 Å². The van der Waals surface area contributed by atoms with Crippen LogP contribution in [0.4, 0.5) is 0 Å². The van der Waals surface area contributed by atoms with Crippen LogP contribution >= 0.6 is 0 Å². The van der Waals surface area contributed by atoms with Crippen molar-refractivity contribution in [3.8, 4) is 11.4 Å². The van der Waals surface area contributed by atoms with Crippen molar-refractivity contribution in [2.24, 2.45) is 0 Å². The van der Waals surface area contributed by atoms with Gasteiger partial charge in [-0.15, -0.1) is 0 Å². The molecule has 0 saturated heterocycles. The average molecular weight is 202 g/mol. The van der Waals surface area contributed by atoms with E-state index in [4.69, 9.17) is 0 Å². The van der Waals surface area contributed by atoms with Gasteiger partial charge in [-0.2, -0.15) is 0 Å². The van der Waals surface area contributed by atoms with E-state index in [0.29, 0.717) is 0 Å². The fourth-order valence-corrected chi connectivity index (χ4v) is 1.56. The van der Waals surface area contributed by atoms with E-state index >= 15 is 0 Å². The molecule has 0 unspecified atom stereocenters. The monoisotopic (exact) mass is 202 g/mol. The lowest BCUT2D eigenvalue weighted by Gasteiger charge is -2.00. The summed E-state index contributed by atoms with van der Waals surface area (Å²) in [6.45, 7) is 2.72. The summed E-state index contributed by atoms with van der Waals surface area (Å²) < 4.78 is 0. The van der Waals surface area contributed by atoms with Gasteiger partial charge in [-0.05, 0) is 26.1 Å². The summed E-state index contributed by atoms with van der Waals surface area (Å²) in [6, 6.07) is 5.84. The van der Waals surface area contributed by atoms with Crippen molar-refractivity contribution >= 4 is 0 Å². The molecule has 0 aliphatic heterocycles. The Kier molecular flexibility index (Phi) is 2.78. The van der Waals surface area contributed by atoms with Crippen molar-refractivity contribution in [1.29, 1.82) is 0 Å². The fourth-order valence-electron chi connectivity index (χ4n) is 1.56. The summed E-state index contributed by atoms with van der Waals surface area (Å²) in [7, 11) is 1.92. The van der Waals surface area contributed by atoms with Crippen LogP contribution in [0.25, 0.3) is 11.4 Å². The van der Waals surface area contributed by atoms with Gasteiger partial charge in [0.05, 0.1) is 11.4 Å². The number of rotatable bonds is 3. The number of nitrogens with one attached hydrogen (secondary N) is 2. The lowest BCUT2D eigenvalue weighted by atomic mass is 10.2. The zero-order valence-electron chi connectivity index (χ0n) is 8.91. The van der Waals surface area contributed by atoms with E-state index in [1.165, 1.54) is 0 Å². The third kappa shape index (κ3) is 2.05. The highest BCUT2D eigenvalue weighted by Gasteiger charge is 2.09. The van der Waals surface area contributed by atoms with Crippen LogP contribution in [0.15, 0.2) is 24.4 Å². The molecule has 2 rings (SSSR count). The Morgan fingerprint density at radius 3 is 2.93 bits per heavy atom. The molecule has 0 spiro atoms. The fraction of sp³-hybridized carbons (Fsp3) is 0.273. The standard InChI is InChI=1S/C11H14N4/c1-8-14-10(7-12-2)11(15-8)9-5-3-4-6-13-9/h3-6,12H,7H2,1-2H3,(H,14,15). The van der Waals surface area contributed by atoms with Crippen LogP contribution in [0.1, 0.15) is 11.5 Å². The third-order valence-electron chi connectivity index (χ3n) is 2.16. The van der Waals surface area contributed by atoms with Gasteiger partial charge in [-0.1, -0.05) is 6.07 Å². The smallest absolute Gasteiger partial charge is 0.111 e. The second-order valence-corrected chi connectivity index (χ2v) is 3.39. The Hall–Kier alpha value is -1.68. The van der Waals surface area contributed by atoms with Crippen molar-refractivity contribution in [3.05, 3.63) is 35.9 Å². The molecule has 2 aromatic rings. The third-order valence-corrected chi connectivity index (χ3v) is 2.16. The molecule has 4 nitrogen and oxygen atoms in total. The predicted octanol–water partition coefficient (Wildman–Crippen LogP) is 1.50. The lowest BCUT2D eigenvalue weighted by molar-refractivity contribution is 0.796. The molecule has 15 heavy (non-hydrogen) atoms. The maximum absolute atomic E-state index is 4.44. The van der Waals surface area contributed by atoms with Crippen LogP contribution in [0, 0.1) is 6.92 Å². The number of hydrogen-bond acceptors (Lipinski definition) is 3. The number of hydrogen-bond donors (Lipinski definition) is 2. The summed E-state index contributed by atoms with van der Waals surface area (Å²) >= 11 is 0. The lowest BCUT2D eigenvalue weighted by Crippen LogP contribution is -2.06. The van der Waals surface area contributed by atoms with Crippen molar-refractivity contribution in [2.75, 3.05) is 7.05 Å². The van der Waals surface area contributed by atoms with Gasteiger partial charge in [0.15, 0.2) is 0 Å². The topological polar surface area (TPSA) is 53.6 Å². The first kappa shape index (κ1) is 9.86. The van der Waals surface area contributed by atoms with Gasteiger partial charge in [0.1, 0.15) is 11.5 Å². The molecule has 2 N–H and O–H groups in total. The molecular weight excluding hydrogens is 188 g/mol. The van der Waals surface area contributed by atoms with Gasteiger partial charge in [0.25, 0.3) is 0 Å². The molecule has 0 aromatic carbocycles. The summed E-state index contributed by atoms with van der Waals surface area (Å²) in [6.07, 6.45) is 1.78. The minimum atomic E-state index is 0.771. The molecule has 0 radical (unpaired) electrons. The molecule has 0 aliphatic rings. The number of pyridine rings is 1. The SMILES string of the molecule is CNCc1[nH]c(C)nc1-c1ccccn1. The van der Waals surface area contributed by atoms with Gasteiger partial charge in [-0.25, -0.2) is 4.98 Å². The Balaban J connectivity index is 2.43. The summed E-state index contributed by atoms with van der Waals surface area (Å²) in [5.41, 5.74) is 2.92. The van der Waals surface area contributed by atoms with E-state index in [2.05, 4.69) is 20.3 Å². The largest absolute Gasteiger partial charge is 0.344 e. The van der Waals surface area contributed by atoms with E-state index in [1.54, 1.807) is 6.20 Å². The second kappa shape index (κ2) is 4.23. The Morgan fingerprint density at radius 1 is 1.40 bits per heavy atom. The Bertz CT molecular complexity index is 433. The van der Waals surface area contributed by atoms with E-state index in [0.717, 1.165) is 29.5 Å². The first-order valence-electron chi connectivity index (χ1n) is 4.92. The van der Waals surface area contributed by atoms with Crippen LogP contribution in [-0.4, -0.2) is 22.0 Å². The van der Waals surface area contributed by atoms with E-state index in [9.17, 15) is 0 Å². The highest BCUT2D eigenvalue weighted by molar-refractivity contribution is 5.57. The van der Waals surface area contributed by atoms with Gasteiger partial charge < -0.3 is 10.3 Å². The van der Waals surface area contributed by atoms with E-state index in [-0.39, 0.29) is 0 Å². The number of H-pyrrole nitrogens is 1. The maximum atomic E-state index is 4.44. The summed E-state index contributed by atoms with van der Waals surface area (Å²) in [4.78, 5) is 12.0. The minimum absolute atomic E-state index is 0.771. The molecule has 0 aliphatic carbocycles. The molecular formula is C11H14N4. The summed E-state index contributed by atoms with van der Waals surface area (Å²) in [5.74, 6) is 0.918. The summed E-state index contributed by atoms with van der Waals surface area (Å²) in [5, 5.41) is 3.11. The highest BCUT2D eigenvalue weighted by atomic mass is 15.0. The quantitative estimate of drug-likeness (QED) is 0.793. The van der Waals surface area contributed by atoms with Crippen molar-refractivity contribution in [3.63, 3.8) is 0 Å². The number of imidazole rings is 1. The van der Waals surface area contributed by atoms with Crippen molar-refractivity contribution in [1.82, 2.24) is 20.3 Å². The molecule has 0 amide bonds. The van der Waals surface area contributed by atoms with Crippen LogP contribution in [-0.2, 0) is 6.54 Å².